The Labute approximate surface area is 175 Å². The molecule has 3 aromatic carbocycles. The number of esters is 1. The summed E-state index contributed by atoms with van der Waals surface area (Å²) in [6.45, 7) is 2.21. The second-order valence-corrected chi connectivity index (χ2v) is 7.82. The van der Waals surface area contributed by atoms with Crippen LogP contribution in [0.4, 0.5) is 5.69 Å². The van der Waals surface area contributed by atoms with Crippen LogP contribution in [0.15, 0.2) is 78.9 Å². The molecule has 0 spiro atoms. The van der Waals surface area contributed by atoms with E-state index in [9.17, 15) is 4.79 Å². The van der Waals surface area contributed by atoms with Crippen molar-refractivity contribution in [3.05, 3.63) is 95.6 Å². The smallest absolute Gasteiger partial charge is 0.321 e. The number of ether oxygens (including phenoxy) is 2. The van der Waals surface area contributed by atoms with E-state index in [-0.39, 0.29) is 18.6 Å². The van der Waals surface area contributed by atoms with Crippen LogP contribution in [0, 0.1) is 12.3 Å². The Morgan fingerprint density at radius 3 is 2.43 bits per heavy atom. The molecule has 0 radical (unpaired) electrons. The Balaban J connectivity index is 1.74. The van der Waals surface area contributed by atoms with Gasteiger partial charge in [-0.2, -0.15) is 0 Å². The van der Waals surface area contributed by atoms with Gasteiger partial charge in [-0.25, -0.2) is 5.06 Å². The lowest BCUT2D eigenvalue weighted by atomic mass is 9.70. The second kappa shape index (κ2) is 7.18. The average molecular weight is 401 g/mol. The largest absolute Gasteiger partial charge is 0.492 e. The molecule has 0 aliphatic carbocycles. The van der Waals surface area contributed by atoms with Gasteiger partial charge in [0.2, 0.25) is 0 Å². The van der Waals surface area contributed by atoms with E-state index in [0.29, 0.717) is 0 Å². The number of anilines is 1. The Morgan fingerprint density at radius 1 is 1.00 bits per heavy atom. The molecule has 0 N–H and O–H groups in total. The molecule has 30 heavy (non-hydrogen) atoms. The minimum atomic E-state index is -1.05. The van der Waals surface area contributed by atoms with Crippen LogP contribution >= 0.6 is 0 Å². The van der Waals surface area contributed by atoms with Crippen molar-refractivity contribution in [2.75, 3.05) is 18.8 Å². The van der Waals surface area contributed by atoms with Crippen molar-refractivity contribution in [2.24, 2.45) is 5.41 Å². The zero-order chi connectivity index (χ0) is 20.7. The van der Waals surface area contributed by atoms with Gasteiger partial charge in [-0.1, -0.05) is 66.2 Å². The lowest BCUT2D eigenvalue weighted by molar-refractivity contribution is -0.161. The quantitative estimate of drug-likeness (QED) is 0.591. The molecule has 0 amide bonds. The standard InChI is InChI=1S/C25H23NO4/c1-17-12-14-18(15-13-17)23-25(24(27)28-2)16-29-21-11-7-6-10-20(21)22(25)26(30-23)19-8-4-3-5-9-19/h3-15,22-23H,16H2,1-2H3/t22-,23+,25-/m1/s1. The van der Waals surface area contributed by atoms with Gasteiger partial charge >= 0.3 is 5.97 Å². The van der Waals surface area contributed by atoms with E-state index in [1.165, 1.54) is 7.11 Å². The zero-order valence-electron chi connectivity index (χ0n) is 16.9. The van der Waals surface area contributed by atoms with Gasteiger partial charge in [-0.3, -0.25) is 9.63 Å². The van der Waals surface area contributed by atoms with Crippen molar-refractivity contribution in [3.63, 3.8) is 0 Å². The number of hydrogen-bond donors (Lipinski definition) is 0. The average Bonchev–Trinajstić information content (AvgIpc) is 3.16. The van der Waals surface area contributed by atoms with Crippen molar-refractivity contribution >= 4 is 11.7 Å². The molecule has 0 unspecified atom stereocenters. The summed E-state index contributed by atoms with van der Waals surface area (Å²) >= 11 is 0. The van der Waals surface area contributed by atoms with E-state index >= 15 is 0 Å². The normalized spacial score (nSPS) is 24.5. The summed E-state index contributed by atoms with van der Waals surface area (Å²) in [6.07, 6.45) is -0.552. The first kappa shape index (κ1) is 18.7. The SMILES string of the molecule is COC(=O)[C@]12COc3ccccc3[C@H]1N(c1ccccc1)O[C@H]2c1ccc(C)cc1. The summed E-state index contributed by atoms with van der Waals surface area (Å²) in [5, 5.41) is 1.85. The first-order valence-corrected chi connectivity index (χ1v) is 10.0. The van der Waals surface area contributed by atoms with Gasteiger partial charge in [0, 0.05) is 5.56 Å². The topological polar surface area (TPSA) is 48.0 Å². The molecule has 152 valence electrons. The number of carbonyl (C=O) groups is 1. The van der Waals surface area contributed by atoms with E-state index in [1.54, 1.807) is 0 Å². The van der Waals surface area contributed by atoms with Crippen molar-refractivity contribution in [1.29, 1.82) is 0 Å². The van der Waals surface area contributed by atoms with Gasteiger partial charge in [0.15, 0.2) is 5.41 Å². The predicted octanol–water partition coefficient (Wildman–Crippen LogP) is 4.78. The lowest BCUT2D eigenvalue weighted by Crippen LogP contribution is -2.48. The molecule has 0 bridgehead atoms. The molecule has 3 aromatic rings. The van der Waals surface area contributed by atoms with Crippen LogP contribution in [-0.4, -0.2) is 19.7 Å². The fourth-order valence-electron chi connectivity index (χ4n) is 4.57. The highest BCUT2D eigenvalue weighted by molar-refractivity contribution is 5.82. The van der Waals surface area contributed by atoms with Gasteiger partial charge < -0.3 is 9.47 Å². The lowest BCUT2D eigenvalue weighted by Gasteiger charge is -2.40. The number of benzene rings is 3. The van der Waals surface area contributed by atoms with Gasteiger partial charge in [0.25, 0.3) is 0 Å². The molecule has 2 aliphatic heterocycles. The molecule has 5 nitrogen and oxygen atoms in total. The summed E-state index contributed by atoms with van der Waals surface area (Å²) in [4.78, 5) is 20.0. The van der Waals surface area contributed by atoms with Gasteiger partial charge in [-0.15, -0.1) is 0 Å². The van der Waals surface area contributed by atoms with E-state index in [1.807, 2.05) is 90.8 Å². The molecule has 5 heteroatoms. The maximum atomic E-state index is 13.4. The molecule has 1 fully saturated rings. The third-order valence-electron chi connectivity index (χ3n) is 6.05. The number of aryl methyl sites for hydroxylation is 1. The first-order valence-electron chi connectivity index (χ1n) is 10.0. The molecular formula is C25H23NO4. The van der Waals surface area contributed by atoms with Crippen LogP contribution < -0.4 is 9.80 Å². The highest BCUT2D eigenvalue weighted by Crippen LogP contribution is 2.60. The molecule has 5 rings (SSSR count). The number of fused-ring (bicyclic) bond motifs is 3. The number of hydroxylamine groups is 1. The van der Waals surface area contributed by atoms with Crippen LogP contribution in [0.1, 0.15) is 28.8 Å². The summed E-state index contributed by atoms with van der Waals surface area (Å²) in [7, 11) is 1.42. The Bertz CT molecular complexity index is 1070. The molecule has 2 heterocycles. The third kappa shape index (κ3) is 2.70. The summed E-state index contributed by atoms with van der Waals surface area (Å²) in [5.41, 5.74) is 2.80. The summed E-state index contributed by atoms with van der Waals surface area (Å²) < 4.78 is 11.5. The van der Waals surface area contributed by atoms with Crippen LogP contribution in [-0.2, 0) is 14.4 Å². The first-order chi connectivity index (χ1) is 14.6. The Kier molecular flexibility index (Phi) is 4.48. The number of rotatable bonds is 3. The van der Waals surface area contributed by atoms with Crippen LogP contribution in [0.25, 0.3) is 0 Å². The summed E-state index contributed by atoms with van der Waals surface area (Å²) in [5.74, 6) is 0.419. The van der Waals surface area contributed by atoms with E-state index < -0.39 is 11.5 Å². The maximum absolute atomic E-state index is 13.4. The predicted molar refractivity (Wildman–Crippen MR) is 113 cm³/mol. The number of carbonyl (C=O) groups excluding carboxylic acids is 1. The minimum Gasteiger partial charge on any atom is -0.492 e. The molecular weight excluding hydrogens is 378 g/mol. The Morgan fingerprint density at radius 2 is 1.70 bits per heavy atom. The molecule has 1 saturated heterocycles. The van der Waals surface area contributed by atoms with E-state index in [0.717, 1.165) is 28.1 Å². The van der Waals surface area contributed by atoms with Crippen LogP contribution in [0.3, 0.4) is 0 Å². The second-order valence-electron chi connectivity index (χ2n) is 7.82. The number of nitrogens with zero attached hydrogens (tertiary/aromatic N) is 1. The molecule has 2 aliphatic rings. The van der Waals surface area contributed by atoms with E-state index in [4.69, 9.17) is 14.3 Å². The number of methoxy groups -OCH3 is 1. The fourth-order valence-corrected chi connectivity index (χ4v) is 4.57. The summed E-state index contributed by atoms with van der Waals surface area (Å²) in [6, 6.07) is 25.4. The third-order valence-corrected chi connectivity index (χ3v) is 6.05. The maximum Gasteiger partial charge on any atom is 0.321 e. The van der Waals surface area contributed by atoms with Crippen LogP contribution in [0.5, 0.6) is 5.75 Å². The molecule has 0 aromatic heterocycles. The van der Waals surface area contributed by atoms with Crippen molar-refractivity contribution < 1.29 is 19.1 Å². The van der Waals surface area contributed by atoms with Crippen LogP contribution in [0.2, 0.25) is 0 Å². The van der Waals surface area contributed by atoms with Gasteiger partial charge in [-0.05, 0) is 30.7 Å². The zero-order valence-corrected chi connectivity index (χ0v) is 16.9. The van der Waals surface area contributed by atoms with Gasteiger partial charge in [0.1, 0.15) is 24.5 Å². The monoisotopic (exact) mass is 401 g/mol. The highest BCUT2D eigenvalue weighted by Gasteiger charge is 2.65. The van der Waals surface area contributed by atoms with E-state index in [2.05, 4.69) is 0 Å². The Hall–Kier alpha value is -3.31. The van der Waals surface area contributed by atoms with Gasteiger partial charge in [0.05, 0.1) is 12.8 Å². The van der Waals surface area contributed by atoms with Crippen molar-refractivity contribution in [2.45, 2.75) is 19.1 Å². The number of hydrogen-bond acceptors (Lipinski definition) is 5. The highest BCUT2D eigenvalue weighted by atomic mass is 16.7. The molecule has 0 saturated carbocycles. The van der Waals surface area contributed by atoms with Crippen molar-refractivity contribution in [1.82, 2.24) is 0 Å². The molecule has 3 atom stereocenters. The van der Waals surface area contributed by atoms with Crippen molar-refractivity contribution in [3.8, 4) is 5.75 Å². The minimum absolute atomic E-state index is 0.170. The number of para-hydroxylation sites is 2. The fraction of sp³-hybridized carbons (Fsp3) is 0.240.